The number of rotatable bonds is 5. The molecule has 0 atom stereocenters. The van der Waals surface area contributed by atoms with Gasteiger partial charge in [-0.25, -0.2) is 4.39 Å². The molecule has 110 valence electrons. The summed E-state index contributed by atoms with van der Waals surface area (Å²) in [4.78, 5) is 0. The summed E-state index contributed by atoms with van der Waals surface area (Å²) in [5.41, 5.74) is 0.818. The molecule has 0 aromatic heterocycles. The summed E-state index contributed by atoms with van der Waals surface area (Å²) in [6, 6.07) is 9.48. The molecule has 0 heterocycles. The van der Waals surface area contributed by atoms with Crippen LogP contribution in [0.25, 0.3) is 0 Å². The highest BCUT2D eigenvalue weighted by Gasteiger charge is 2.21. The van der Waals surface area contributed by atoms with Gasteiger partial charge in [-0.05, 0) is 43.2 Å². The lowest BCUT2D eigenvalue weighted by atomic mass is 10.2. The Morgan fingerprint density at radius 1 is 1.14 bits per heavy atom. The van der Waals surface area contributed by atoms with Crippen molar-refractivity contribution in [3.05, 3.63) is 58.6 Å². The Morgan fingerprint density at radius 2 is 1.95 bits per heavy atom. The lowest BCUT2D eigenvalue weighted by Crippen LogP contribution is -2.15. The Labute approximate surface area is 126 Å². The lowest BCUT2D eigenvalue weighted by molar-refractivity contribution is 0.411. The minimum atomic E-state index is -0.992. The Hall–Kier alpha value is -1.65. The number of nitrogens with one attached hydrogen (secondary N) is 1. The molecule has 0 amide bonds. The fraction of sp³-hybridized carbons (Fsp3) is 0.250. The quantitative estimate of drug-likeness (QED) is 0.867. The first-order chi connectivity index (χ1) is 10.1. The van der Waals surface area contributed by atoms with E-state index in [4.69, 9.17) is 16.3 Å². The van der Waals surface area contributed by atoms with Gasteiger partial charge in [0.25, 0.3) is 0 Å². The number of hydrogen-bond donors (Lipinski definition) is 1. The maximum Gasteiger partial charge on any atom is 0.201 e. The minimum absolute atomic E-state index is 0.134. The van der Waals surface area contributed by atoms with Crippen LogP contribution in [0, 0.1) is 11.6 Å². The lowest BCUT2D eigenvalue weighted by Gasteiger charge is -2.13. The van der Waals surface area contributed by atoms with E-state index in [0.29, 0.717) is 23.4 Å². The highest BCUT2D eigenvalue weighted by Crippen LogP contribution is 2.31. The first kappa shape index (κ1) is 14.3. The van der Waals surface area contributed by atoms with Gasteiger partial charge in [0.1, 0.15) is 5.75 Å². The van der Waals surface area contributed by atoms with Gasteiger partial charge < -0.3 is 10.1 Å². The normalized spacial score (nSPS) is 14.2. The second kappa shape index (κ2) is 6.00. The van der Waals surface area contributed by atoms with Crippen LogP contribution in [0.1, 0.15) is 18.4 Å². The average molecular weight is 310 g/mol. The van der Waals surface area contributed by atoms with Crippen LogP contribution in [0.15, 0.2) is 36.4 Å². The zero-order chi connectivity index (χ0) is 14.8. The third-order valence-electron chi connectivity index (χ3n) is 3.32. The summed E-state index contributed by atoms with van der Waals surface area (Å²) in [5.74, 6) is -1.59. The van der Waals surface area contributed by atoms with Crippen molar-refractivity contribution < 1.29 is 13.5 Å². The van der Waals surface area contributed by atoms with Gasteiger partial charge in [-0.3, -0.25) is 0 Å². The summed E-state index contributed by atoms with van der Waals surface area (Å²) < 4.78 is 32.4. The molecular weight excluding hydrogens is 296 g/mol. The minimum Gasteiger partial charge on any atom is -0.454 e. The van der Waals surface area contributed by atoms with Gasteiger partial charge in [-0.15, -0.1) is 0 Å². The first-order valence-electron chi connectivity index (χ1n) is 6.77. The number of benzene rings is 2. The summed E-state index contributed by atoms with van der Waals surface area (Å²) in [5, 5.41) is 3.92. The predicted octanol–water partition coefficient (Wildman–Crippen LogP) is 4.66. The smallest absolute Gasteiger partial charge is 0.201 e. The molecule has 0 spiro atoms. The summed E-state index contributed by atoms with van der Waals surface area (Å²) in [6.45, 7) is 0.581. The van der Waals surface area contributed by atoms with Crippen LogP contribution in [-0.4, -0.2) is 6.04 Å². The molecule has 21 heavy (non-hydrogen) atoms. The second-order valence-electron chi connectivity index (χ2n) is 5.06. The van der Waals surface area contributed by atoms with E-state index >= 15 is 0 Å². The van der Waals surface area contributed by atoms with Crippen LogP contribution in [0.5, 0.6) is 11.5 Å². The van der Waals surface area contributed by atoms with Crippen LogP contribution >= 0.6 is 11.6 Å². The Kier molecular flexibility index (Phi) is 4.08. The van der Waals surface area contributed by atoms with E-state index in [1.165, 1.54) is 12.1 Å². The van der Waals surface area contributed by atoms with Gasteiger partial charge in [0, 0.05) is 23.2 Å². The summed E-state index contributed by atoms with van der Waals surface area (Å²) in [6.07, 6.45) is 2.32. The molecule has 0 radical (unpaired) electrons. The topological polar surface area (TPSA) is 21.3 Å². The van der Waals surface area contributed by atoms with Gasteiger partial charge in [-0.2, -0.15) is 4.39 Å². The molecule has 2 nitrogen and oxygen atoms in total. The molecule has 1 aliphatic rings. The fourth-order valence-electron chi connectivity index (χ4n) is 2.01. The monoisotopic (exact) mass is 309 g/mol. The van der Waals surface area contributed by atoms with Crippen molar-refractivity contribution in [2.24, 2.45) is 0 Å². The van der Waals surface area contributed by atoms with Crippen LogP contribution in [0.4, 0.5) is 8.78 Å². The van der Waals surface area contributed by atoms with Crippen molar-refractivity contribution in [2.45, 2.75) is 25.4 Å². The van der Waals surface area contributed by atoms with E-state index in [2.05, 4.69) is 5.32 Å². The molecule has 0 unspecified atom stereocenters. The average Bonchev–Trinajstić information content (AvgIpc) is 3.28. The molecular formula is C16H14ClF2NO. The summed E-state index contributed by atoms with van der Waals surface area (Å²) >= 11 is 5.99. The van der Waals surface area contributed by atoms with Crippen LogP contribution in [-0.2, 0) is 6.54 Å². The Morgan fingerprint density at radius 3 is 2.71 bits per heavy atom. The van der Waals surface area contributed by atoms with E-state index in [9.17, 15) is 8.78 Å². The molecule has 0 saturated heterocycles. The van der Waals surface area contributed by atoms with E-state index in [0.717, 1.165) is 24.5 Å². The first-order valence-corrected chi connectivity index (χ1v) is 7.15. The molecule has 0 bridgehead atoms. The fourth-order valence-corrected chi connectivity index (χ4v) is 2.20. The molecule has 5 heteroatoms. The van der Waals surface area contributed by atoms with Gasteiger partial charge in [0.15, 0.2) is 11.6 Å². The van der Waals surface area contributed by atoms with Crippen molar-refractivity contribution in [3.63, 3.8) is 0 Å². The molecule has 2 aromatic rings. The van der Waals surface area contributed by atoms with Crippen molar-refractivity contribution >= 4 is 11.6 Å². The highest BCUT2D eigenvalue weighted by atomic mass is 35.5. The molecule has 3 rings (SSSR count). The van der Waals surface area contributed by atoms with E-state index < -0.39 is 11.6 Å². The molecule has 1 saturated carbocycles. The Balaban J connectivity index is 1.84. The molecule has 1 N–H and O–H groups in total. The number of halogens is 3. The van der Waals surface area contributed by atoms with E-state index in [1.54, 1.807) is 18.2 Å². The Bertz CT molecular complexity index is 659. The predicted molar refractivity (Wildman–Crippen MR) is 77.7 cm³/mol. The maximum atomic E-state index is 13.7. The molecule has 1 aliphatic carbocycles. The van der Waals surface area contributed by atoms with Crippen molar-refractivity contribution in [3.8, 4) is 11.5 Å². The van der Waals surface area contributed by atoms with Crippen LogP contribution in [0.2, 0.25) is 5.02 Å². The van der Waals surface area contributed by atoms with Crippen molar-refractivity contribution in [1.29, 1.82) is 0 Å². The largest absolute Gasteiger partial charge is 0.454 e. The number of hydrogen-bond acceptors (Lipinski definition) is 2. The zero-order valence-corrected chi connectivity index (χ0v) is 12.0. The standard InChI is InChI=1S/C16H14ClF2NO/c17-11-4-7-14(10(8-11)9-20-12-5-6-12)21-15-3-1-2-13(18)16(15)19/h1-4,7-8,12,20H,5-6,9H2. The van der Waals surface area contributed by atoms with E-state index in [1.807, 2.05) is 0 Å². The third-order valence-corrected chi connectivity index (χ3v) is 3.55. The SMILES string of the molecule is Fc1cccc(Oc2ccc(Cl)cc2CNC2CC2)c1F. The number of ether oxygens (including phenoxy) is 1. The van der Waals surface area contributed by atoms with Gasteiger partial charge in [-0.1, -0.05) is 17.7 Å². The van der Waals surface area contributed by atoms with Gasteiger partial charge in [0.05, 0.1) is 0 Å². The highest BCUT2D eigenvalue weighted by molar-refractivity contribution is 6.30. The van der Waals surface area contributed by atoms with Crippen molar-refractivity contribution in [2.75, 3.05) is 0 Å². The molecule has 1 fully saturated rings. The maximum absolute atomic E-state index is 13.7. The van der Waals surface area contributed by atoms with Crippen LogP contribution < -0.4 is 10.1 Å². The second-order valence-corrected chi connectivity index (χ2v) is 5.50. The molecule has 2 aromatic carbocycles. The molecule has 0 aliphatic heterocycles. The zero-order valence-electron chi connectivity index (χ0n) is 11.2. The van der Waals surface area contributed by atoms with Crippen LogP contribution in [0.3, 0.4) is 0 Å². The van der Waals surface area contributed by atoms with E-state index in [-0.39, 0.29) is 5.75 Å². The van der Waals surface area contributed by atoms with Gasteiger partial charge >= 0.3 is 0 Å². The summed E-state index contributed by atoms with van der Waals surface area (Å²) in [7, 11) is 0. The third kappa shape index (κ3) is 3.52. The van der Waals surface area contributed by atoms with Gasteiger partial charge in [0.2, 0.25) is 5.82 Å². The van der Waals surface area contributed by atoms with Crippen molar-refractivity contribution in [1.82, 2.24) is 5.32 Å².